The molecule has 0 saturated carbocycles. The molecule has 0 aromatic heterocycles. The van der Waals surface area contributed by atoms with Crippen molar-refractivity contribution in [3.8, 4) is 0 Å². The molecule has 2 rings (SSSR count). The lowest BCUT2D eigenvalue weighted by atomic mass is 9.87. The largest absolute Gasteiger partial charge is 0.329 e. The van der Waals surface area contributed by atoms with Crippen LogP contribution in [0.1, 0.15) is 37.5 Å². The number of nitrogen functional groups attached to an aromatic ring is 1. The summed E-state index contributed by atoms with van der Waals surface area (Å²) in [7, 11) is -3.73. The first-order chi connectivity index (χ1) is 10.6. The molecule has 2 aromatic carbocycles. The average Bonchev–Trinajstić information content (AvgIpc) is 2.46. The highest BCUT2D eigenvalue weighted by atomic mass is 32.2. The lowest BCUT2D eigenvalue weighted by molar-refractivity contribution is -0.268. The Bertz CT molecular complexity index is 833. The van der Waals surface area contributed by atoms with Crippen molar-refractivity contribution in [3.63, 3.8) is 0 Å². The van der Waals surface area contributed by atoms with E-state index < -0.39 is 10.0 Å². The molecule has 0 bridgehead atoms. The molecule has 0 aliphatic heterocycles. The molecule has 0 radical (unpaired) electrons. The van der Waals surface area contributed by atoms with Gasteiger partial charge in [-0.3, -0.25) is 5.73 Å². The minimum Gasteiger partial charge on any atom is -0.286 e. The molecule has 4 nitrogen and oxygen atoms in total. The van der Waals surface area contributed by atoms with E-state index in [0.717, 1.165) is 5.56 Å². The third-order valence-corrected chi connectivity index (χ3v) is 5.18. The number of sulfonamides is 1. The van der Waals surface area contributed by atoms with E-state index in [9.17, 15) is 8.42 Å². The third kappa shape index (κ3) is 3.99. The van der Waals surface area contributed by atoms with Gasteiger partial charge in [-0.05, 0) is 41.7 Å². The van der Waals surface area contributed by atoms with Crippen molar-refractivity contribution in [1.82, 2.24) is 0 Å². The fraction of sp³-hybridized carbons (Fsp3) is 0.278. The summed E-state index contributed by atoms with van der Waals surface area (Å²) in [6, 6.07) is 14.5. The highest BCUT2D eigenvalue weighted by molar-refractivity contribution is 7.84. The van der Waals surface area contributed by atoms with Crippen LogP contribution in [0.3, 0.4) is 0 Å². The number of nitrogens with one attached hydrogen (secondary N) is 1. The Hall–Kier alpha value is -2.14. The molecule has 0 atom stereocenters. The second-order valence-electron chi connectivity index (χ2n) is 6.62. The maximum atomic E-state index is 12.7. The van der Waals surface area contributed by atoms with Crippen LogP contribution >= 0.6 is 0 Å². The van der Waals surface area contributed by atoms with Crippen LogP contribution in [0, 0.1) is 6.92 Å². The first-order valence-corrected chi connectivity index (χ1v) is 8.91. The maximum absolute atomic E-state index is 12.7. The van der Waals surface area contributed by atoms with E-state index in [4.69, 9.17) is 5.73 Å². The van der Waals surface area contributed by atoms with Crippen LogP contribution in [0.25, 0.3) is 0 Å². The normalized spacial score (nSPS) is 13.1. The van der Waals surface area contributed by atoms with Crippen molar-refractivity contribution in [3.05, 3.63) is 65.2 Å². The Morgan fingerprint density at radius 1 is 1.04 bits per heavy atom. The van der Waals surface area contributed by atoms with Crippen LogP contribution in [-0.4, -0.2) is 14.3 Å². The predicted octanol–water partition coefficient (Wildman–Crippen LogP) is 1.47. The third-order valence-electron chi connectivity index (χ3n) is 3.67. The second kappa shape index (κ2) is 6.16. The molecule has 0 spiro atoms. The zero-order valence-electron chi connectivity index (χ0n) is 13.9. The first kappa shape index (κ1) is 17.2. The molecular weight excluding hydrogens is 308 g/mol. The van der Waals surface area contributed by atoms with Crippen LogP contribution < -0.4 is 10.1 Å². The summed E-state index contributed by atoms with van der Waals surface area (Å²) in [5, 5.41) is 0. The van der Waals surface area contributed by atoms with Gasteiger partial charge in [0.2, 0.25) is 0 Å². The van der Waals surface area contributed by atoms with Crippen molar-refractivity contribution in [1.29, 1.82) is 0 Å². The van der Waals surface area contributed by atoms with Crippen molar-refractivity contribution < 1.29 is 12.8 Å². The van der Waals surface area contributed by atoms with Gasteiger partial charge in [0.1, 0.15) is 4.90 Å². The van der Waals surface area contributed by atoms with E-state index in [2.05, 4.69) is 4.40 Å². The molecule has 0 unspecified atom stereocenters. The summed E-state index contributed by atoms with van der Waals surface area (Å²) in [4.78, 5) is 0.254. The molecular formula is C18H23N2O2S+. The van der Waals surface area contributed by atoms with Gasteiger partial charge in [-0.2, -0.15) is 12.8 Å². The second-order valence-corrected chi connectivity index (χ2v) is 8.27. The van der Waals surface area contributed by atoms with Crippen LogP contribution in [0.4, 0.5) is 0 Å². The Morgan fingerprint density at radius 3 is 2.22 bits per heavy atom. The molecule has 122 valence electrons. The highest BCUT2D eigenvalue weighted by Gasteiger charge is 2.23. The number of aryl methyl sites for hydroxylation is 1. The Kier molecular flexibility index (Phi) is 4.61. The standard InChI is InChI=1S/C18H22N2O2S/c1-13-10-11-15(18(2,3)4)12-16(13)23(21,22)20-17(19)14-8-6-5-7-9-14/h5-12H,1-4H3,(H2,19,20)/p+1. The summed E-state index contributed by atoms with van der Waals surface area (Å²) < 4.78 is 27.9. The minimum atomic E-state index is -3.73. The molecule has 0 fully saturated rings. The topological polar surface area (TPSA) is 74.1 Å². The Labute approximate surface area is 138 Å². The van der Waals surface area contributed by atoms with Gasteiger partial charge in [0, 0.05) is 0 Å². The van der Waals surface area contributed by atoms with Crippen LogP contribution in [0.2, 0.25) is 0 Å². The van der Waals surface area contributed by atoms with Gasteiger partial charge in [0.05, 0.1) is 5.56 Å². The molecule has 0 aliphatic rings. The van der Waals surface area contributed by atoms with Gasteiger partial charge in [-0.25, -0.2) is 0 Å². The molecule has 0 saturated heterocycles. The fourth-order valence-corrected chi connectivity index (χ4v) is 3.52. The van der Waals surface area contributed by atoms with E-state index in [1.807, 2.05) is 51.1 Å². The maximum Gasteiger partial charge on any atom is 0.329 e. The van der Waals surface area contributed by atoms with Crippen molar-refractivity contribution >= 4 is 15.9 Å². The van der Waals surface area contributed by atoms with Crippen LogP contribution in [0.5, 0.6) is 0 Å². The number of nitrogens with two attached hydrogens (primary N) is 1. The smallest absolute Gasteiger partial charge is 0.286 e. The van der Waals surface area contributed by atoms with Crippen molar-refractivity contribution in [2.45, 2.75) is 38.0 Å². The zero-order chi connectivity index (χ0) is 17.3. The van der Waals surface area contributed by atoms with E-state index in [1.165, 1.54) is 0 Å². The summed E-state index contributed by atoms with van der Waals surface area (Å²) in [5.41, 5.74) is 8.07. The monoisotopic (exact) mass is 331 g/mol. The number of hydrogen-bond donors (Lipinski definition) is 2. The first-order valence-electron chi connectivity index (χ1n) is 7.43. The highest BCUT2D eigenvalue weighted by Crippen LogP contribution is 2.25. The van der Waals surface area contributed by atoms with E-state index in [-0.39, 0.29) is 16.1 Å². The summed E-state index contributed by atoms with van der Waals surface area (Å²) in [5.74, 6) is 0.117. The molecule has 0 aliphatic carbocycles. The Balaban J connectivity index is 2.52. The van der Waals surface area contributed by atoms with Crippen LogP contribution in [-0.2, 0) is 15.4 Å². The number of rotatable bonds is 3. The van der Waals surface area contributed by atoms with Gasteiger partial charge in [-0.15, -0.1) is 0 Å². The lowest BCUT2D eigenvalue weighted by Crippen LogP contribution is -2.78. The van der Waals surface area contributed by atoms with Crippen molar-refractivity contribution in [2.24, 2.45) is 5.73 Å². The quantitative estimate of drug-likeness (QED) is 0.661. The molecule has 3 N–H and O–H groups in total. The fourth-order valence-electron chi connectivity index (χ4n) is 2.23. The molecule has 0 heterocycles. The average molecular weight is 331 g/mol. The van der Waals surface area contributed by atoms with E-state index >= 15 is 0 Å². The van der Waals surface area contributed by atoms with Gasteiger partial charge in [0.15, 0.2) is 0 Å². The predicted molar refractivity (Wildman–Crippen MR) is 92.8 cm³/mol. The van der Waals surface area contributed by atoms with Gasteiger partial charge in [0.25, 0.3) is 5.84 Å². The number of benzene rings is 2. The van der Waals surface area contributed by atoms with E-state index in [0.29, 0.717) is 11.1 Å². The summed E-state index contributed by atoms with van der Waals surface area (Å²) >= 11 is 0. The minimum absolute atomic E-state index is 0.117. The lowest BCUT2D eigenvalue weighted by Gasteiger charge is -2.20. The Morgan fingerprint density at radius 2 is 1.65 bits per heavy atom. The van der Waals surface area contributed by atoms with Crippen molar-refractivity contribution in [2.75, 3.05) is 0 Å². The van der Waals surface area contributed by atoms with Crippen LogP contribution in [0.15, 0.2) is 53.4 Å². The van der Waals surface area contributed by atoms with Gasteiger partial charge < -0.3 is 0 Å². The SMILES string of the molecule is Cc1ccc(C(C)(C)C)cc1S(=O)(=O)[NH+]=C(N)c1ccccc1. The number of amidine groups is 1. The van der Waals surface area contributed by atoms with Gasteiger partial charge in [-0.1, -0.05) is 51.1 Å². The van der Waals surface area contributed by atoms with Gasteiger partial charge >= 0.3 is 10.0 Å². The zero-order valence-corrected chi connectivity index (χ0v) is 14.7. The molecule has 2 aromatic rings. The number of hydrogen-bond acceptors (Lipinski definition) is 2. The summed E-state index contributed by atoms with van der Waals surface area (Å²) in [6.07, 6.45) is 0. The molecule has 23 heavy (non-hydrogen) atoms. The summed E-state index contributed by atoms with van der Waals surface area (Å²) in [6.45, 7) is 7.92. The molecule has 5 heteroatoms. The molecule has 0 amide bonds. The van der Waals surface area contributed by atoms with E-state index in [1.54, 1.807) is 25.1 Å².